The molecule has 0 bridgehead atoms. The van der Waals surface area contributed by atoms with E-state index in [1.807, 2.05) is 36.5 Å². The van der Waals surface area contributed by atoms with Crippen LogP contribution in [-0.4, -0.2) is 30.1 Å². The lowest BCUT2D eigenvalue weighted by Crippen LogP contribution is -1.86. The SMILES string of the molecule is c1cc(-c2ccc3[nH]nc(-c4cc5c(-c6ccsc6)ccnc5[nH]4)c3n2)ccn1. The van der Waals surface area contributed by atoms with Crippen molar-refractivity contribution in [3.8, 4) is 33.8 Å². The summed E-state index contributed by atoms with van der Waals surface area (Å²) in [4.78, 5) is 16.9. The molecular weight excluding hydrogens is 380 g/mol. The number of rotatable bonds is 3. The average Bonchev–Trinajstić information content (AvgIpc) is 3.52. The summed E-state index contributed by atoms with van der Waals surface area (Å²) in [7, 11) is 0. The molecule has 138 valence electrons. The second kappa shape index (κ2) is 6.35. The zero-order valence-electron chi connectivity index (χ0n) is 15.1. The Hall–Kier alpha value is -3.84. The van der Waals surface area contributed by atoms with Crippen LogP contribution in [0, 0.1) is 0 Å². The van der Waals surface area contributed by atoms with E-state index in [9.17, 15) is 0 Å². The highest BCUT2D eigenvalue weighted by Gasteiger charge is 2.16. The van der Waals surface area contributed by atoms with Crippen molar-refractivity contribution in [1.29, 1.82) is 0 Å². The molecule has 0 spiro atoms. The van der Waals surface area contributed by atoms with Gasteiger partial charge in [-0.1, -0.05) is 0 Å². The highest BCUT2D eigenvalue weighted by molar-refractivity contribution is 7.08. The second-order valence-electron chi connectivity index (χ2n) is 6.72. The third-order valence-corrected chi connectivity index (χ3v) is 5.69. The molecule has 6 aromatic heterocycles. The molecule has 6 aromatic rings. The van der Waals surface area contributed by atoms with Crippen LogP contribution in [0.2, 0.25) is 0 Å². The third-order valence-electron chi connectivity index (χ3n) is 5.00. The van der Waals surface area contributed by atoms with Gasteiger partial charge in [-0.3, -0.25) is 10.1 Å². The van der Waals surface area contributed by atoms with Crippen LogP contribution in [0.25, 0.3) is 55.8 Å². The number of thiophene rings is 1. The summed E-state index contributed by atoms with van der Waals surface area (Å²) in [6.07, 6.45) is 5.37. The van der Waals surface area contributed by atoms with Crippen molar-refractivity contribution in [2.45, 2.75) is 0 Å². The highest BCUT2D eigenvalue weighted by atomic mass is 32.1. The lowest BCUT2D eigenvalue weighted by molar-refractivity contribution is 1.12. The van der Waals surface area contributed by atoms with Crippen LogP contribution in [0.4, 0.5) is 0 Å². The minimum absolute atomic E-state index is 0.783. The number of nitrogens with zero attached hydrogens (tertiary/aromatic N) is 4. The molecule has 6 nitrogen and oxygen atoms in total. The molecule has 6 heterocycles. The second-order valence-corrected chi connectivity index (χ2v) is 7.50. The zero-order chi connectivity index (χ0) is 19.2. The number of nitrogens with one attached hydrogen (secondary N) is 2. The van der Waals surface area contributed by atoms with Crippen molar-refractivity contribution in [2.75, 3.05) is 0 Å². The summed E-state index contributed by atoms with van der Waals surface area (Å²) in [5.41, 5.74) is 8.48. The topological polar surface area (TPSA) is 83.1 Å². The number of H-pyrrole nitrogens is 2. The standard InChI is InChI=1S/C22H14N6S/c1-2-18-20(25-17(1)13-3-7-23-8-4-13)21(28-27-18)19-11-16-15(14-6-10-29-12-14)5-9-24-22(16)26-19/h1-12H,(H,24,26)(H,27,28). The molecule has 0 aliphatic carbocycles. The van der Waals surface area contributed by atoms with E-state index in [0.717, 1.165) is 50.3 Å². The zero-order valence-corrected chi connectivity index (χ0v) is 15.9. The molecule has 0 unspecified atom stereocenters. The largest absolute Gasteiger partial charge is 0.338 e. The molecule has 29 heavy (non-hydrogen) atoms. The van der Waals surface area contributed by atoms with Gasteiger partial charge in [0.15, 0.2) is 0 Å². The van der Waals surface area contributed by atoms with Gasteiger partial charge in [0, 0.05) is 29.5 Å². The fourth-order valence-corrected chi connectivity index (χ4v) is 4.25. The Morgan fingerprint density at radius 3 is 2.69 bits per heavy atom. The van der Waals surface area contributed by atoms with E-state index in [-0.39, 0.29) is 0 Å². The fraction of sp³-hybridized carbons (Fsp3) is 0. The van der Waals surface area contributed by atoms with Crippen molar-refractivity contribution < 1.29 is 0 Å². The first-order chi connectivity index (χ1) is 14.4. The van der Waals surface area contributed by atoms with Gasteiger partial charge < -0.3 is 4.98 Å². The first-order valence-electron chi connectivity index (χ1n) is 9.13. The van der Waals surface area contributed by atoms with Gasteiger partial charge in [0.25, 0.3) is 0 Å². The smallest absolute Gasteiger partial charge is 0.138 e. The lowest BCUT2D eigenvalue weighted by Gasteiger charge is -2.00. The van der Waals surface area contributed by atoms with Gasteiger partial charge in [0.1, 0.15) is 16.9 Å². The van der Waals surface area contributed by atoms with Crippen LogP contribution in [-0.2, 0) is 0 Å². The number of hydrogen-bond acceptors (Lipinski definition) is 5. The maximum atomic E-state index is 4.86. The maximum Gasteiger partial charge on any atom is 0.138 e. The van der Waals surface area contributed by atoms with Gasteiger partial charge in [-0.2, -0.15) is 16.4 Å². The quantitative estimate of drug-likeness (QED) is 0.427. The number of fused-ring (bicyclic) bond motifs is 2. The summed E-state index contributed by atoms with van der Waals surface area (Å²) in [5, 5.41) is 12.9. The van der Waals surface area contributed by atoms with Crippen LogP contribution in [0.3, 0.4) is 0 Å². The summed E-state index contributed by atoms with van der Waals surface area (Å²) in [5.74, 6) is 0. The van der Waals surface area contributed by atoms with Crippen LogP contribution < -0.4 is 0 Å². The van der Waals surface area contributed by atoms with Gasteiger partial charge in [-0.15, -0.1) is 0 Å². The molecule has 0 aliphatic rings. The maximum absolute atomic E-state index is 4.86. The average molecular weight is 394 g/mol. The Morgan fingerprint density at radius 2 is 1.83 bits per heavy atom. The number of aromatic nitrogens is 6. The number of pyridine rings is 3. The molecule has 0 aromatic carbocycles. The molecule has 0 atom stereocenters. The number of aromatic amines is 2. The molecule has 2 N–H and O–H groups in total. The number of hydrogen-bond donors (Lipinski definition) is 2. The van der Waals surface area contributed by atoms with Gasteiger partial charge in [-0.05, 0) is 64.4 Å². The van der Waals surface area contributed by atoms with Crippen molar-refractivity contribution in [3.63, 3.8) is 0 Å². The monoisotopic (exact) mass is 394 g/mol. The van der Waals surface area contributed by atoms with E-state index in [2.05, 4.69) is 48.0 Å². The van der Waals surface area contributed by atoms with E-state index in [1.165, 1.54) is 5.56 Å². The van der Waals surface area contributed by atoms with Crippen LogP contribution in [0.1, 0.15) is 0 Å². The molecule has 0 radical (unpaired) electrons. The third kappa shape index (κ3) is 2.63. The van der Waals surface area contributed by atoms with Gasteiger partial charge in [-0.25, -0.2) is 9.97 Å². The predicted octanol–water partition coefficient (Wildman–Crippen LogP) is 5.29. The fourth-order valence-electron chi connectivity index (χ4n) is 3.59. The Labute approximate surface area is 169 Å². The predicted molar refractivity (Wildman–Crippen MR) is 116 cm³/mol. The van der Waals surface area contributed by atoms with Gasteiger partial charge in [0.05, 0.1) is 16.9 Å². The molecule has 6 rings (SSSR count). The van der Waals surface area contributed by atoms with Crippen LogP contribution in [0.15, 0.2) is 71.8 Å². The lowest BCUT2D eigenvalue weighted by atomic mass is 10.1. The van der Waals surface area contributed by atoms with Crippen molar-refractivity contribution in [3.05, 3.63) is 71.8 Å². The summed E-state index contributed by atoms with van der Waals surface area (Å²) < 4.78 is 0. The molecule has 0 amide bonds. The van der Waals surface area contributed by atoms with Crippen LogP contribution in [0.5, 0.6) is 0 Å². The van der Waals surface area contributed by atoms with Crippen molar-refractivity contribution in [2.24, 2.45) is 0 Å². The normalized spacial score (nSPS) is 11.4. The Bertz CT molecular complexity index is 1450. The summed E-state index contributed by atoms with van der Waals surface area (Å²) in [6, 6.07) is 14.2. The minimum atomic E-state index is 0.783. The van der Waals surface area contributed by atoms with E-state index >= 15 is 0 Å². The Morgan fingerprint density at radius 1 is 0.897 bits per heavy atom. The van der Waals surface area contributed by atoms with Crippen molar-refractivity contribution in [1.82, 2.24) is 30.1 Å². The molecule has 0 fully saturated rings. The van der Waals surface area contributed by atoms with E-state index in [1.54, 1.807) is 23.7 Å². The highest BCUT2D eigenvalue weighted by Crippen LogP contribution is 2.33. The Kier molecular flexibility index (Phi) is 3.54. The summed E-state index contributed by atoms with van der Waals surface area (Å²) >= 11 is 1.69. The van der Waals surface area contributed by atoms with Crippen molar-refractivity contribution >= 4 is 33.4 Å². The van der Waals surface area contributed by atoms with Crippen LogP contribution >= 0.6 is 11.3 Å². The molecule has 0 saturated carbocycles. The summed E-state index contributed by atoms with van der Waals surface area (Å²) in [6.45, 7) is 0. The first-order valence-corrected chi connectivity index (χ1v) is 10.1. The Balaban J connectivity index is 1.53. The van der Waals surface area contributed by atoms with E-state index < -0.39 is 0 Å². The molecule has 0 saturated heterocycles. The van der Waals surface area contributed by atoms with E-state index in [0.29, 0.717) is 0 Å². The molecular formula is C22H14N6S. The first kappa shape index (κ1) is 16.1. The minimum Gasteiger partial charge on any atom is -0.338 e. The molecule has 7 heteroatoms. The van der Waals surface area contributed by atoms with E-state index in [4.69, 9.17) is 4.98 Å². The molecule has 0 aliphatic heterocycles. The van der Waals surface area contributed by atoms with Gasteiger partial charge in [0.2, 0.25) is 0 Å². The van der Waals surface area contributed by atoms with Gasteiger partial charge >= 0.3 is 0 Å².